The number of esters is 1. The van der Waals surface area contributed by atoms with Crippen molar-refractivity contribution >= 4 is 34.8 Å². The molecular formula is C21H25ClN2O3S. The van der Waals surface area contributed by atoms with Crippen LogP contribution in [0.5, 0.6) is 0 Å². The summed E-state index contributed by atoms with van der Waals surface area (Å²) in [7, 11) is 1.39. The largest absolute Gasteiger partial charge is 0.468 e. The Morgan fingerprint density at radius 2 is 1.89 bits per heavy atom. The lowest BCUT2D eigenvalue weighted by atomic mass is 10.0. The van der Waals surface area contributed by atoms with E-state index in [4.69, 9.17) is 16.3 Å². The van der Waals surface area contributed by atoms with E-state index < -0.39 is 6.04 Å². The Balaban J connectivity index is 1.72. The van der Waals surface area contributed by atoms with Crippen molar-refractivity contribution in [3.63, 3.8) is 0 Å². The molecule has 5 nitrogen and oxygen atoms in total. The van der Waals surface area contributed by atoms with Gasteiger partial charge in [0.15, 0.2) is 0 Å². The SMILES string of the molecule is CCc1sc(C(=O)N2CCN(C(C(=O)OC)c3ccccc3Cl)CC2)cc1C. The van der Waals surface area contributed by atoms with E-state index in [9.17, 15) is 9.59 Å². The Morgan fingerprint density at radius 3 is 2.46 bits per heavy atom. The first kappa shape index (κ1) is 20.8. The molecule has 2 heterocycles. The van der Waals surface area contributed by atoms with Gasteiger partial charge in [-0.1, -0.05) is 36.7 Å². The van der Waals surface area contributed by atoms with Crippen LogP contribution in [-0.2, 0) is 16.0 Å². The molecule has 0 saturated carbocycles. The zero-order valence-electron chi connectivity index (χ0n) is 16.4. The molecule has 150 valence electrons. The first-order valence-corrected chi connectivity index (χ1v) is 10.6. The smallest absolute Gasteiger partial charge is 0.327 e. The molecule has 28 heavy (non-hydrogen) atoms. The third-order valence-electron chi connectivity index (χ3n) is 5.14. The van der Waals surface area contributed by atoms with Gasteiger partial charge in [0.05, 0.1) is 12.0 Å². The van der Waals surface area contributed by atoms with Gasteiger partial charge in [0.2, 0.25) is 0 Å². The Bertz CT molecular complexity index is 859. The monoisotopic (exact) mass is 420 g/mol. The summed E-state index contributed by atoms with van der Waals surface area (Å²) in [5.74, 6) is -0.269. The molecule has 1 aliphatic heterocycles. The first-order chi connectivity index (χ1) is 13.5. The van der Waals surface area contributed by atoms with Gasteiger partial charge >= 0.3 is 5.97 Å². The fourth-order valence-corrected chi connectivity index (χ4v) is 4.92. The maximum absolute atomic E-state index is 12.9. The molecule has 1 aliphatic rings. The second kappa shape index (κ2) is 9.07. The summed E-state index contributed by atoms with van der Waals surface area (Å²) in [5, 5.41) is 0.539. The van der Waals surface area contributed by atoms with E-state index in [1.165, 1.54) is 17.6 Å². The highest BCUT2D eigenvalue weighted by molar-refractivity contribution is 7.14. The average molecular weight is 421 g/mol. The Morgan fingerprint density at radius 1 is 1.21 bits per heavy atom. The van der Waals surface area contributed by atoms with Gasteiger partial charge in [-0.05, 0) is 36.6 Å². The van der Waals surface area contributed by atoms with Crippen LogP contribution < -0.4 is 0 Å². The second-order valence-electron chi connectivity index (χ2n) is 6.85. The maximum Gasteiger partial charge on any atom is 0.327 e. The van der Waals surface area contributed by atoms with Gasteiger partial charge in [-0.3, -0.25) is 9.69 Å². The van der Waals surface area contributed by atoms with E-state index in [1.54, 1.807) is 17.4 Å². The second-order valence-corrected chi connectivity index (χ2v) is 8.39. The number of carbonyl (C=O) groups excluding carboxylic acids is 2. The number of piperazine rings is 1. The van der Waals surface area contributed by atoms with Crippen molar-refractivity contribution in [2.45, 2.75) is 26.3 Å². The van der Waals surface area contributed by atoms with Gasteiger partial charge in [-0.15, -0.1) is 11.3 Å². The Kier molecular flexibility index (Phi) is 6.75. The summed E-state index contributed by atoms with van der Waals surface area (Å²) in [5.41, 5.74) is 1.91. The highest BCUT2D eigenvalue weighted by Crippen LogP contribution is 2.30. The minimum atomic E-state index is -0.563. The molecule has 1 unspecified atom stereocenters. The van der Waals surface area contributed by atoms with E-state index >= 15 is 0 Å². The van der Waals surface area contributed by atoms with Gasteiger partial charge in [0.1, 0.15) is 6.04 Å². The predicted molar refractivity (Wildman–Crippen MR) is 112 cm³/mol. The third kappa shape index (κ3) is 4.24. The van der Waals surface area contributed by atoms with Crippen LogP contribution in [0.25, 0.3) is 0 Å². The molecule has 3 rings (SSSR count). The number of aryl methyl sites for hydroxylation is 2. The lowest BCUT2D eigenvalue weighted by Gasteiger charge is -2.38. The van der Waals surface area contributed by atoms with Crippen LogP contribution in [0.2, 0.25) is 5.02 Å². The molecular weight excluding hydrogens is 396 g/mol. The molecule has 1 fully saturated rings. The van der Waals surface area contributed by atoms with Gasteiger partial charge < -0.3 is 9.64 Å². The quantitative estimate of drug-likeness (QED) is 0.687. The van der Waals surface area contributed by atoms with Crippen molar-refractivity contribution in [1.29, 1.82) is 0 Å². The number of benzene rings is 1. The summed E-state index contributed by atoms with van der Waals surface area (Å²) in [6, 6.07) is 8.75. The zero-order chi connectivity index (χ0) is 20.3. The molecule has 0 aliphatic carbocycles. The lowest BCUT2D eigenvalue weighted by molar-refractivity contribution is -0.148. The van der Waals surface area contributed by atoms with Crippen LogP contribution in [0.1, 0.15) is 38.6 Å². The minimum absolute atomic E-state index is 0.0693. The van der Waals surface area contributed by atoms with Crippen LogP contribution in [0.15, 0.2) is 30.3 Å². The summed E-state index contributed by atoms with van der Waals surface area (Å²) in [6.45, 7) is 6.45. The zero-order valence-corrected chi connectivity index (χ0v) is 18.0. The predicted octanol–water partition coefficient (Wildman–Crippen LogP) is 3.94. The number of carbonyl (C=O) groups is 2. The molecule has 0 spiro atoms. The van der Waals surface area contributed by atoms with Crippen LogP contribution in [-0.4, -0.2) is 55.0 Å². The van der Waals surface area contributed by atoms with Crippen LogP contribution in [0.4, 0.5) is 0 Å². The van der Waals surface area contributed by atoms with Crippen LogP contribution >= 0.6 is 22.9 Å². The van der Waals surface area contributed by atoms with Crippen molar-refractivity contribution in [1.82, 2.24) is 9.80 Å². The number of ether oxygens (including phenoxy) is 1. The molecule has 7 heteroatoms. The molecule has 0 radical (unpaired) electrons. The number of thiophene rings is 1. The number of hydrogen-bond donors (Lipinski definition) is 0. The Labute approximate surface area is 174 Å². The van der Waals surface area contributed by atoms with E-state index in [-0.39, 0.29) is 11.9 Å². The van der Waals surface area contributed by atoms with Gasteiger partial charge in [-0.2, -0.15) is 0 Å². The highest BCUT2D eigenvalue weighted by Gasteiger charge is 2.34. The van der Waals surface area contributed by atoms with Crippen molar-refractivity contribution in [2.24, 2.45) is 0 Å². The summed E-state index contributed by atoms with van der Waals surface area (Å²) in [4.78, 5) is 31.3. The molecule has 1 aromatic carbocycles. The normalized spacial score (nSPS) is 16.1. The molecule has 1 amide bonds. The average Bonchev–Trinajstić information content (AvgIpc) is 3.10. The minimum Gasteiger partial charge on any atom is -0.468 e. The van der Waals surface area contributed by atoms with Crippen molar-refractivity contribution in [2.75, 3.05) is 33.3 Å². The number of amides is 1. The molecule has 1 atom stereocenters. The van der Waals surface area contributed by atoms with Crippen LogP contribution in [0, 0.1) is 6.92 Å². The highest BCUT2D eigenvalue weighted by atomic mass is 35.5. The summed E-state index contributed by atoms with van der Waals surface area (Å²) in [6.07, 6.45) is 0.941. The van der Waals surface area contributed by atoms with Gasteiger partial charge in [0, 0.05) is 36.1 Å². The van der Waals surface area contributed by atoms with Crippen molar-refractivity contribution in [3.05, 3.63) is 56.2 Å². The summed E-state index contributed by atoms with van der Waals surface area (Å²) < 4.78 is 5.03. The number of halogens is 1. The van der Waals surface area contributed by atoms with Gasteiger partial charge in [0.25, 0.3) is 5.91 Å². The molecule has 0 N–H and O–H groups in total. The van der Waals surface area contributed by atoms with E-state index in [0.29, 0.717) is 31.2 Å². The van der Waals surface area contributed by atoms with E-state index in [2.05, 4.69) is 13.8 Å². The fraction of sp³-hybridized carbons (Fsp3) is 0.429. The molecule has 2 aromatic rings. The first-order valence-electron chi connectivity index (χ1n) is 9.41. The standard InChI is InChI=1S/C21H25ClN2O3S/c1-4-17-14(2)13-18(28-17)20(25)24-11-9-23(10-12-24)19(21(26)27-3)15-7-5-6-8-16(15)22/h5-8,13,19H,4,9-12H2,1-3H3. The van der Waals surface area contributed by atoms with Crippen LogP contribution in [0.3, 0.4) is 0 Å². The number of methoxy groups -OCH3 is 1. The molecule has 1 saturated heterocycles. The van der Waals surface area contributed by atoms with E-state index in [1.807, 2.05) is 34.1 Å². The lowest BCUT2D eigenvalue weighted by Crippen LogP contribution is -2.51. The summed E-state index contributed by atoms with van der Waals surface area (Å²) >= 11 is 7.91. The van der Waals surface area contributed by atoms with Gasteiger partial charge in [-0.25, -0.2) is 4.79 Å². The maximum atomic E-state index is 12.9. The number of hydrogen-bond acceptors (Lipinski definition) is 5. The number of rotatable bonds is 5. The van der Waals surface area contributed by atoms with Crippen molar-refractivity contribution < 1.29 is 14.3 Å². The topological polar surface area (TPSA) is 49.9 Å². The van der Waals surface area contributed by atoms with Crippen molar-refractivity contribution in [3.8, 4) is 0 Å². The molecule has 0 bridgehead atoms. The third-order valence-corrected chi connectivity index (χ3v) is 6.86. The number of nitrogens with zero attached hydrogens (tertiary/aromatic N) is 2. The Hall–Kier alpha value is -1.89. The fourth-order valence-electron chi connectivity index (χ4n) is 3.60. The molecule has 1 aromatic heterocycles. The van der Waals surface area contributed by atoms with E-state index in [0.717, 1.165) is 16.9 Å².